The predicted molar refractivity (Wildman–Crippen MR) is 56.3 cm³/mol. The van der Waals surface area contributed by atoms with Crippen LogP contribution in [-0.4, -0.2) is 6.29 Å². The molecule has 0 bridgehead atoms. The molecule has 14 heavy (non-hydrogen) atoms. The number of benzene rings is 1. The number of carbonyl (C=O) groups is 1. The SMILES string of the molecule is N#Cc1csc2ccc(N)c(C=O)c12. The second-order valence-corrected chi connectivity index (χ2v) is 3.73. The zero-order valence-electron chi connectivity index (χ0n) is 7.15. The van der Waals surface area contributed by atoms with Gasteiger partial charge in [-0.2, -0.15) is 5.26 Å². The van der Waals surface area contributed by atoms with E-state index in [2.05, 4.69) is 0 Å². The van der Waals surface area contributed by atoms with E-state index in [1.807, 2.05) is 12.1 Å². The molecule has 0 unspecified atom stereocenters. The smallest absolute Gasteiger partial charge is 0.152 e. The quantitative estimate of drug-likeness (QED) is 0.569. The van der Waals surface area contributed by atoms with Gasteiger partial charge in [-0.25, -0.2) is 0 Å². The normalized spacial score (nSPS) is 9.93. The minimum atomic E-state index is 0.417. The third kappa shape index (κ3) is 1.07. The van der Waals surface area contributed by atoms with Crippen LogP contribution in [-0.2, 0) is 0 Å². The molecule has 0 radical (unpaired) electrons. The maximum Gasteiger partial charge on any atom is 0.152 e. The molecular formula is C10H6N2OS. The molecule has 2 rings (SSSR count). The van der Waals surface area contributed by atoms with E-state index >= 15 is 0 Å². The summed E-state index contributed by atoms with van der Waals surface area (Å²) >= 11 is 1.44. The Morgan fingerprint density at radius 1 is 1.50 bits per heavy atom. The van der Waals surface area contributed by atoms with Crippen LogP contribution in [0.4, 0.5) is 5.69 Å². The predicted octanol–water partition coefficient (Wildman–Crippen LogP) is 2.17. The van der Waals surface area contributed by atoms with Crippen LogP contribution in [0.2, 0.25) is 0 Å². The fourth-order valence-corrected chi connectivity index (χ4v) is 2.28. The van der Waals surface area contributed by atoms with Crippen LogP contribution in [0.15, 0.2) is 17.5 Å². The van der Waals surface area contributed by atoms with E-state index in [1.54, 1.807) is 11.4 Å². The molecule has 0 spiro atoms. The first-order valence-corrected chi connectivity index (χ1v) is 4.81. The van der Waals surface area contributed by atoms with Crippen molar-refractivity contribution in [2.75, 3.05) is 5.73 Å². The van der Waals surface area contributed by atoms with Gasteiger partial charge in [0.25, 0.3) is 0 Å². The zero-order valence-corrected chi connectivity index (χ0v) is 7.97. The molecule has 0 aliphatic carbocycles. The fourth-order valence-electron chi connectivity index (χ4n) is 1.38. The number of nitrogens with two attached hydrogens (primary N) is 1. The van der Waals surface area contributed by atoms with Crippen molar-refractivity contribution in [3.05, 3.63) is 28.6 Å². The van der Waals surface area contributed by atoms with Gasteiger partial charge < -0.3 is 5.73 Å². The maximum absolute atomic E-state index is 10.8. The summed E-state index contributed by atoms with van der Waals surface area (Å²) in [5, 5.41) is 11.2. The van der Waals surface area contributed by atoms with Crippen LogP contribution in [0.3, 0.4) is 0 Å². The molecule has 4 heteroatoms. The molecule has 2 N–H and O–H groups in total. The number of hydrogen-bond donors (Lipinski definition) is 1. The van der Waals surface area contributed by atoms with Gasteiger partial charge in [0.2, 0.25) is 0 Å². The fraction of sp³-hybridized carbons (Fsp3) is 0. The van der Waals surface area contributed by atoms with Crippen molar-refractivity contribution in [3.8, 4) is 6.07 Å². The van der Waals surface area contributed by atoms with Crippen LogP contribution in [0.25, 0.3) is 10.1 Å². The molecule has 68 valence electrons. The van der Waals surface area contributed by atoms with E-state index in [1.165, 1.54) is 11.3 Å². The molecule has 0 atom stereocenters. The summed E-state index contributed by atoms with van der Waals surface area (Å²) in [7, 11) is 0. The molecule has 1 aromatic carbocycles. The lowest BCUT2D eigenvalue weighted by Gasteiger charge is -1.99. The van der Waals surface area contributed by atoms with Crippen molar-refractivity contribution in [2.45, 2.75) is 0 Å². The van der Waals surface area contributed by atoms with Crippen molar-refractivity contribution in [2.24, 2.45) is 0 Å². The molecule has 0 fully saturated rings. The number of nitriles is 1. The highest BCUT2D eigenvalue weighted by Gasteiger charge is 2.10. The number of hydrogen-bond acceptors (Lipinski definition) is 4. The van der Waals surface area contributed by atoms with Gasteiger partial charge in [0.1, 0.15) is 6.07 Å². The van der Waals surface area contributed by atoms with Gasteiger partial charge in [0, 0.05) is 26.7 Å². The molecule has 0 amide bonds. The van der Waals surface area contributed by atoms with Gasteiger partial charge >= 0.3 is 0 Å². The lowest BCUT2D eigenvalue weighted by Crippen LogP contribution is -1.93. The first-order chi connectivity index (χ1) is 6.77. The number of nitrogens with zero attached hydrogens (tertiary/aromatic N) is 1. The summed E-state index contributed by atoms with van der Waals surface area (Å²) in [5.41, 5.74) is 6.99. The highest BCUT2D eigenvalue weighted by Crippen LogP contribution is 2.30. The minimum Gasteiger partial charge on any atom is -0.398 e. The Kier molecular flexibility index (Phi) is 1.95. The first kappa shape index (κ1) is 8.73. The molecule has 0 saturated heterocycles. The third-order valence-electron chi connectivity index (χ3n) is 2.05. The monoisotopic (exact) mass is 202 g/mol. The van der Waals surface area contributed by atoms with Gasteiger partial charge in [-0.15, -0.1) is 11.3 Å². The Morgan fingerprint density at radius 2 is 2.29 bits per heavy atom. The molecule has 0 saturated carbocycles. The number of thiophene rings is 1. The van der Waals surface area contributed by atoms with Crippen molar-refractivity contribution in [1.29, 1.82) is 5.26 Å². The molecule has 0 aliphatic rings. The second-order valence-electron chi connectivity index (χ2n) is 2.82. The molecule has 1 heterocycles. The summed E-state index contributed by atoms with van der Waals surface area (Å²) in [6.07, 6.45) is 0.700. The standard InChI is InChI=1S/C10H6N2OS/c11-3-6-5-14-9-2-1-8(12)7(4-13)10(6)9/h1-2,4-5H,12H2. The Hall–Kier alpha value is -1.86. The van der Waals surface area contributed by atoms with E-state index in [0.717, 1.165) is 4.70 Å². The largest absolute Gasteiger partial charge is 0.398 e. The minimum absolute atomic E-state index is 0.417. The van der Waals surface area contributed by atoms with Crippen molar-refractivity contribution < 1.29 is 4.79 Å². The first-order valence-electron chi connectivity index (χ1n) is 3.93. The maximum atomic E-state index is 10.8. The van der Waals surface area contributed by atoms with Crippen LogP contribution < -0.4 is 5.73 Å². The Labute approximate surface area is 84.4 Å². The number of nitrogen functional groups attached to an aromatic ring is 1. The highest BCUT2D eigenvalue weighted by molar-refractivity contribution is 7.17. The van der Waals surface area contributed by atoms with Crippen LogP contribution in [0.1, 0.15) is 15.9 Å². The number of aldehydes is 1. The number of anilines is 1. The molecule has 2 aromatic rings. The summed E-state index contributed by atoms with van der Waals surface area (Å²) < 4.78 is 0.915. The van der Waals surface area contributed by atoms with Crippen molar-refractivity contribution in [3.63, 3.8) is 0 Å². The van der Waals surface area contributed by atoms with E-state index in [0.29, 0.717) is 28.5 Å². The average Bonchev–Trinajstić information content (AvgIpc) is 2.61. The lowest BCUT2D eigenvalue weighted by molar-refractivity contribution is 0.112. The van der Waals surface area contributed by atoms with Gasteiger partial charge in [0.15, 0.2) is 6.29 Å². The van der Waals surface area contributed by atoms with Gasteiger partial charge in [-0.1, -0.05) is 0 Å². The summed E-state index contributed by atoms with van der Waals surface area (Å²) in [4.78, 5) is 10.8. The van der Waals surface area contributed by atoms with Crippen LogP contribution in [0.5, 0.6) is 0 Å². The zero-order chi connectivity index (χ0) is 10.1. The second kappa shape index (κ2) is 3.13. The average molecular weight is 202 g/mol. The topological polar surface area (TPSA) is 66.9 Å². The lowest BCUT2D eigenvalue weighted by atomic mass is 10.1. The highest BCUT2D eigenvalue weighted by atomic mass is 32.1. The number of fused-ring (bicyclic) bond motifs is 1. The number of rotatable bonds is 1. The van der Waals surface area contributed by atoms with Crippen LogP contribution >= 0.6 is 11.3 Å². The van der Waals surface area contributed by atoms with Gasteiger partial charge in [0.05, 0.1) is 5.56 Å². The number of carbonyl (C=O) groups excluding carboxylic acids is 1. The third-order valence-corrected chi connectivity index (χ3v) is 3.00. The van der Waals surface area contributed by atoms with Gasteiger partial charge in [-0.3, -0.25) is 4.79 Å². The molecule has 3 nitrogen and oxygen atoms in total. The van der Waals surface area contributed by atoms with Crippen LogP contribution in [0, 0.1) is 11.3 Å². The van der Waals surface area contributed by atoms with E-state index < -0.39 is 0 Å². The Bertz CT molecular complexity index is 551. The molecular weight excluding hydrogens is 196 g/mol. The van der Waals surface area contributed by atoms with E-state index in [4.69, 9.17) is 11.0 Å². The van der Waals surface area contributed by atoms with Crippen molar-refractivity contribution >= 4 is 33.4 Å². The Morgan fingerprint density at radius 3 is 2.93 bits per heavy atom. The van der Waals surface area contributed by atoms with Crippen molar-refractivity contribution in [1.82, 2.24) is 0 Å². The van der Waals surface area contributed by atoms with Gasteiger partial charge in [-0.05, 0) is 12.1 Å². The molecule has 0 aliphatic heterocycles. The molecule has 1 aromatic heterocycles. The van der Waals surface area contributed by atoms with E-state index in [9.17, 15) is 4.79 Å². The van der Waals surface area contributed by atoms with E-state index in [-0.39, 0.29) is 0 Å². The summed E-state index contributed by atoms with van der Waals surface area (Å²) in [6, 6.07) is 5.55. The summed E-state index contributed by atoms with van der Waals surface area (Å²) in [6.45, 7) is 0. The summed E-state index contributed by atoms with van der Waals surface area (Å²) in [5.74, 6) is 0. The Balaban J connectivity index is 2.97.